The van der Waals surface area contributed by atoms with Crippen molar-refractivity contribution < 1.29 is 0 Å². The third-order valence-corrected chi connectivity index (χ3v) is 18.6. The minimum atomic E-state index is -0.787. The van der Waals surface area contributed by atoms with Gasteiger partial charge in [-0.15, -0.1) is 0 Å². The molecule has 11 aromatic carbocycles. The third-order valence-electron chi connectivity index (χ3n) is 13.3. The maximum absolute atomic E-state index is 2.54. The zero-order chi connectivity index (χ0) is 42.1. The van der Waals surface area contributed by atoms with Gasteiger partial charge in [0.2, 0.25) is 0 Å². The van der Waals surface area contributed by atoms with E-state index in [0.29, 0.717) is 0 Å². The number of rotatable bonds is 6. The summed E-state index contributed by atoms with van der Waals surface area (Å²) >= 11 is 0. The van der Waals surface area contributed by atoms with Crippen LogP contribution in [0.4, 0.5) is 0 Å². The third kappa shape index (κ3) is 5.71. The zero-order valence-corrected chi connectivity index (χ0v) is 36.8. The van der Waals surface area contributed by atoms with E-state index in [9.17, 15) is 0 Å². The lowest BCUT2D eigenvalue weighted by molar-refractivity contribution is 1.61. The molecule has 0 aliphatic heterocycles. The van der Waals surface area contributed by atoms with Crippen molar-refractivity contribution in [2.24, 2.45) is 0 Å². The van der Waals surface area contributed by atoms with E-state index in [1.165, 1.54) is 119 Å². The normalized spacial score (nSPS) is 12.3. The topological polar surface area (TPSA) is 0 Å². The molecule has 2 atom stereocenters. The highest BCUT2D eigenvalue weighted by Gasteiger charge is 2.23. The van der Waals surface area contributed by atoms with E-state index in [-0.39, 0.29) is 0 Å². The fraction of sp³-hybridized carbons (Fsp3) is 0. The summed E-state index contributed by atoms with van der Waals surface area (Å²) in [4.78, 5) is 0. The van der Waals surface area contributed by atoms with Gasteiger partial charge in [0.25, 0.3) is 0 Å². The molecule has 0 nitrogen and oxygen atoms in total. The highest BCUT2D eigenvalue weighted by atomic mass is 31.1. The minimum Gasteiger partial charge on any atom is -0.0766 e. The van der Waals surface area contributed by atoms with Crippen LogP contribution in [0.3, 0.4) is 0 Å². The van der Waals surface area contributed by atoms with Crippen molar-refractivity contribution in [1.82, 2.24) is 0 Å². The van der Waals surface area contributed by atoms with Crippen LogP contribution in [0.5, 0.6) is 0 Å². The fourth-order valence-electron chi connectivity index (χ4n) is 10.7. The van der Waals surface area contributed by atoms with Crippen molar-refractivity contribution in [3.05, 3.63) is 243 Å². The molecular formula is C62H40P2. The highest BCUT2D eigenvalue weighted by Crippen LogP contribution is 2.60. The Labute approximate surface area is 374 Å². The van der Waals surface area contributed by atoms with Gasteiger partial charge in [-0.1, -0.05) is 252 Å². The molecule has 2 aromatic heterocycles. The van der Waals surface area contributed by atoms with Crippen LogP contribution in [-0.2, 0) is 0 Å². The number of hydrogen-bond acceptors (Lipinski definition) is 0. The van der Waals surface area contributed by atoms with Crippen LogP contribution in [0, 0.1) is 0 Å². The highest BCUT2D eigenvalue weighted by molar-refractivity contribution is 7.68. The Kier molecular flexibility index (Phi) is 8.77. The van der Waals surface area contributed by atoms with E-state index in [2.05, 4.69) is 243 Å². The van der Waals surface area contributed by atoms with Crippen LogP contribution in [0.15, 0.2) is 243 Å². The molecule has 0 saturated carbocycles. The average molecular weight is 847 g/mol. The molecule has 0 aliphatic rings. The number of fused-ring (bicyclic) bond motifs is 8. The standard InChI is InChI=1S/C62H40P2/c1-4-20-41(21-5-1)44-26-10-11-29-49(44)60-50-32-16-30-45(52-34-18-36-54-47-27-12-14-38-58(47)63(61(52)54)42-22-6-2-7-23-42)56(50)40-57-46(31-17-33-51(57)60)53-35-19-37-55-48-28-13-15-39-59(48)64(62(53)55)43-24-8-3-9-25-43/h1-40H. The maximum Gasteiger partial charge on any atom is 0.0147 e. The molecule has 2 heterocycles. The molecule has 2 unspecified atom stereocenters. The molecule has 0 fully saturated rings. The van der Waals surface area contributed by atoms with E-state index in [1.54, 1.807) is 0 Å². The maximum atomic E-state index is 2.54. The van der Waals surface area contributed by atoms with Crippen molar-refractivity contribution in [2.45, 2.75) is 0 Å². The van der Waals surface area contributed by atoms with Crippen molar-refractivity contribution >= 4 is 78.6 Å². The predicted molar refractivity (Wildman–Crippen MR) is 281 cm³/mol. The van der Waals surface area contributed by atoms with E-state index in [4.69, 9.17) is 0 Å². The second-order valence-electron chi connectivity index (χ2n) is 16.7. The molecule has 0 spiro atoms. The molecule has 0 saturated heterocycles. The molecule has 64 heavy (non-hydrogen) atoms. The van der Waals surface area contributed by atoms with E-state index in [1.807, 2.05) is 0 Å². The van der Waals surface area contributed by atoms with Crippen LogP contribution in [0.2, 0.25) is 0 Å². The van der Waals surface area contributed by atoms with Crippen LogP contribution in [0.1, 0.15) is 0 Å². The molecular weight excluding hydrogens is 807 g/mol. The van der Waals surface area contributed by atoms with Crippen molar-refractivity contribution in [3.8, 4) is 55.1 Å². The van der Waals surface area contributed by atoms with Crippen LogP contribution >= 0.6 is 15.1 Å². The average Bonchev–Trinajstić information content (AvgIpc) is 3.90. The quantitative estimate of drug-likeness (QED) is 0.146. The Bertz CT molecular complexity index is 3720. The van der Waals surface area contributed by atoms with Gasteiger partial charge in [-0.2, -0.15) is 0 Å². The smallest absolute Gasteiger partial charge is 0.0147 e. The SMILES string of the molecule is c1ccc(-c2ccccc2-c2c3cccc(-c4cccc5c6ccccc6p(-c6ccccc6)c45)c3cc3c(-c4cccc5c6ccccc6p(-c6ccccc6)c45)cccc23)cc1. The van der Waals surface area contributed by atoms with Gasteiger partial charge in [0, 0.05) is 20.5 Å². The summed E-state index contributed by atoms with van der Waals surface area (Å²) in [5, 5.41) is 19.0. The van der Waals surface area contributed by atoms with Gasteiger partial charge in [-0.25, -0.2) is 0 Å². The van der Waals surface area contributed by atoms with Crippen LogP contribution in [0.25, 0.3) is 119 Å². The Morgan fingerprint density at radius 3 is 1.08 bits per heavy atom. The summed E-state index contributed by atoms with van der Waals surface area (Å²) in [6, 6.07) is 91.2. The van der Waals surface area contributed by atoms with Gasteiger partial charge in [0.05, 0.1) is 0 Å². The molecule has 0 radical (unpaired) electrons. The monoisotopic (exact) mass is 846 g/mol. The summed E-state index contributed by atoms with van der Waals surface area (Å²) in [6.45, 7) is 0. The molecule has 298 valence electrons. The second kappa shape index (κ2) is 15.1. The molecule has 0 bridgehead atoms. The van der Waals surface area contributed by atoms with Gasteiger partial charge in [0.15, 0.2) is 0 Å². The van der Waals surface area contributed by atoms with Gasteiger partial charge in [0.1, 0.15) is 0 Å². The zero-order valence-electron chi connectivity index (χ0n) is 35.0. The molecule has 2 heteroatoms. The van der Waals surface area contributed by atoms with Gasteiger partial charge >= 0.3 is 0 Å². The minimum absolute atomic E-state index is 0.787. The van der Waals surface area contributed by atoms with Crippen molar-refractivity contribution in [1.29, 1.82) is 0 Å². The lowest BCUT2D eigenvalue weighted by Crippen LogP contribution is -1.92. The first-order chi connectivity index (χ1) is 31.8. The van der Waals surface area contributed by atoms with Crippen molar-refractivity contribution in [3.63, 3.8) is 0 Å². The van der Waals surface area contributed by atoms with Crippen LogP contribution < -0.4 is 0 Å². The summed E-state index contributed by atoms with van der Waals surface area (Å²) in [7, 11) is -1.57. The van der Waals surface area contributed by atoms with Gasteiger partial charge in [-0.3, -0.25) is 0 Å². The molecule has 0 amide bonds. The summed E-state index contributed by atoms with van der Waals surface area (Å²) in [5.41, 5.74) is 10.2. The molecule has 0 N–H and O–H groups in total. The second-order valence-corrected chi connectivity index (χ2v) is 21.0. The summed E-state index contributed by atoms with van der Waals surface area (Å²) in [6.07, 6.45) is 0. The predicted octanol–water partition coefficient (Wildman–Crippen LogP) is 19.2. The Morgan fingerprint density at radius 1 is 0.219 bits per heavy atom. The molecule has 13 aromatic rings. The lowest BCUT2D eigenvalue weighted by Gasteiger charge is -2.20. The van der Waals surface area contributed by atoms with E-state index >= 15 is 0 Å². The van der Waals surface area contributed by atoms with Crippen LogP contribution in [-0.4, -0.2) is 0 Å². The number of hydrogen-bond donors (Lipinski definition) is 0. The summed E-state index contributed by atoms with van der Waals surface area (Å²) in [5.74, 6) is 0. The Morgan fingerprint density at radius 2 is 0.578 bits per heavy atom. The lowest BCUT2D eigenvalue weighted by atomic mass is 9.84. The summed E-state index contributed by atoms with van der Waals surface area (Å²) < 4.78 is 0. The molecule has 0 aliphatic carbocycles. The van der Waals surface area contributed by atoms with Gasteiger partial charge < -0.3 is 0 Å². The van der Waals surface area contributed by atoms with E-state index in [0.717, 1.165) is 0 Å². The van der Waals surface area contributed by atoms with Crippen molar-refractivity contribution in [2.75, 3.05) is 0 Å². The van der Waals surface area contributed by atoms with E-state index < -0.39 is 15.1 Å². The first-order valence-corrected chi connectivity index (χ1v) is 24.8. The fourth-order valence-corrected chi connectivity index (χ4v) is 16.2. The first kappa shape index (κ1) is 37.1. The largest absolute Gasteiger partial charge is 0.0766 e. The Balaban J connectivity index is 1.19. The Hall–Kier alpha value is -7.46. The number of benzene rings is 11. The molecule has 13 rings (SSSR count). The van der Waals surface area contributed by atoms with Gasteiger partial charge in [-0.05, 0) is 104 Å². The first-order valence-electron chi connectivity index (χ1n) is 22.1.